The van der Waals surface area contributed by atoms with E-state index in [0.717, 1.165) is 15.7 Å². The van der Waals surface area contributed by atoms with Crippen molar-refractivity contribution < 1.29 is 9.90 Å². The number of aromatic nitrogens is 2. The number of pyridine rings is 1. The lowest BCUT2D eigenvalue weighted by Gasteiger charge is -2.00. The molecular formula is C10H8N2O2S2. The number of hydrogen-bond donors (Lipinski definition) is 1. The van der Waals surface area contributed by atoms with Crippen LogP contribution in [0.1, 0.15) is 15.5 Å². The molecule has 1 N–H and O–H groups in total. The summed E-state index contributed by atoms with van der Waals surface area (Å²) in [6.45, 7) is 0. The molecule has 6 heteroatoms. The molecule has 0 saturated carbocycles. The van der Waals surface area contributed by atoms with Crippen LogP contribution in [0.2, 0.25) is 0 Å². The maximum absolute atomic E-state index is 10.7. The minimum Gasteiger partial charge on any atom is -0.477 e. The van der Waals surface area contributed by atoms with E-state index in [1.54, 1.807) is 41.4 Å². The van der Waals surface area contributed by atoms with Crippen LogP contribution in [0.3, 0.4) is 0 Å². The summed E-state index contributed by atoms with van der Waals surface area (Å²) in [7, 11) is 0. The minimum atomic E-state index is -1.00. The molecule has 0 fully saturated rings. The third kappa shape index (κ3) is 2.80. The Hall–Kier alpha value is -1.40. The van der Waals surface area contributed by atoms with Gasteiger partial charge in [-0.25, -0.2) is 14.8 Å². The van der Waals surface area contributed by atoms with Crippen LogP contribution in [0.25, 0.3) is 0 Å². The summed E-state index contributed by atoms with van der Waals surface area (Å²) in [5.74, 6) is -0.252. The molecule has 2 aromatic heterocycles. The lowest BCUT2D eigenvalue weighted by Crippen LogP contribution is -1.99. The molecule has 16 heavy (non-hydrogen) atoms. The first-order valence-electron chi connectivity index (χ1n) is 4.46. The molecule has 4 nitrogen and oxygen atoms in total. The fourth-order valence-corrected chi connectivity index (χ4v) is 2.65. The number of aromatic carboxylic acids is 1. The average molecular weight is 252 g/mol. The van der Waals surface area contributed by atoms with Crippen molar-refractivity contribution in [2.45, 2.75) is 10.6 Å². The fraction of sp³-hybridized carbons (Fsp3) is 0.100. The van der Waals surface area contributed by atoms with Crippen molar-refractivity contribution in [3.8, 4) is 0 Å². The van der Waals surface area contributed by atoms with Gasteiger partial charge in [-0.15, -0.1) is 23.1 Å². The summed E-state index contributed by atoms with van der Waals surface area (Å²) < 4.78 is 0. The number of carboxylic acids is 1. The Morgan fingerprint density at radius 1 is 1.44 bits per heavy atom. The van der Waals surface area contributed by atoms with Gasteiger partial charge in [0.15, 0.2) is 0 Å². The Bertz CT molecular complexity index is 485. The first kappa shape index (κ1) is 11.1. The summed E-state index contributed by atoms with van der Waals surface area (Å²) in [6.07, 6.45) is 3.27. The zero-order valence-electron chi connectivity index (χ0n) is 8.16. The monoisotopic (exact) mass is 252 g/mol. The second kappa shape index (κ2) is 5.09. The van der Waals surface area contributed by atoms with Crippen molar-refractivity contribution in [2.75, 3.05) is 0 Å². The number of thiazole rings is 1. The van der Waals surface area contributed by atoms with E-state index in [1.807, 2.05) is 5.38 Å². The lowest BCUT2D eigenvalue weighted by atomic mass is 10.3. The number of carboxylic acid groups (broad SMARTS) is 1. The fourth-order valence-electron chi connectivity index (χ4n) is 1.09. The van der Waals surface area contributed by atoms with Gasteiger partial charge in [0.05, 0.1) is 5.75 Å². The van der Waals surface area contributed by atoms with Crippen molar-refractivity contribution in [1.82, 2.24) is 9.97 Å². The Morgan fingerprint density at radius 2 is 2.31 bits per heavy atom. The number of nitrogens with zero attached hydrogens (tertiary/aromatic N) is 2. The van der Waals surface area contributed by atoms with E-state index < -0.39 is 5.97 Å². The van der Waals surface area contributed by atoms with E-state index in [-0.39, 0.29) is 5.69 Å². The van der Waals surface area contributed by atoms with E-state index in [9.17, 15) is 4.79 Å². The topological polar surface area (TPSA) is 63.1 Å². The summed E-state index contributed by atoms with van der Waals surface area (Å²) in [5.41, 5.74) is 0.0733. The molecule has 0 atom stereocenters. The highest BCUT2D eigenvalue weighted by atomic mass is 32.2. The summed E-state index contributed by atoms with van der Waals surface area (Å²) >= 11 is 3.14. The van der Waals surface area contributed by atoms with E-state index >= 15 is 0 Å². The predicted molar refractivity (Wildman–Crippen MR) is 62.9 cm³/mol. The first-order chi connectivity index (χ1) is 7.75. The number of thioether (sulfide) groups is 1. The number of rotatable bonds is 4. The summed E-state index contributed by atoms with van der Waals surface area (Å²) in [4.78, 5) is 19.5. The molecule has 0 bridgehead atoms. The zero-order valence-corrected chi connectivity index (χ0v) is 9.79. The van der Waals surface area contributed by atoms with Crippen LogP contribution in [0.5, 0.6) is 0 Å². The molecule has 0 unspecified atom stereocenters. The van der Waals surface area contributed by atoms with Gasteiger partial charge >= 0.3 is 5.97 Å². The zero-order chi connectivity index (χ0) is 11.4. The van der Waals surface area contributed by atoms with Crippen molar-refractivity contribution in [3.63, 3.8) is 0 Å². The normalized spacial score (nSPS) is 10.2. The maximum atomic E-state index is 10.7. The molecule has 0 spiro atoms. The standard InChI is InChI=1S/C10H8N2O2S2/c13-10(14)8-5-7(1-2-11-8)16-6-9-12-3-4-15-9/h1-5H,6H2,(H,13,14). The second-order valence-electron chi connectivity index (χ2n) is 2.90. The van der Waals surface area contributed by atoms with Crippen molar-refractivity contribution in [2.24, 2.45) is 0 Å². The molecule has 2 aromatic rings. The van der Waals surface area contributed by atoms with Crippen molar-refractivity contribution >= 4 is 29.1 Å². The van der Waals surface area contributed by atoms with Gasteiger partial charge in [-0.2, -0.15) is 0 Å². The van der Waals surface area contributed by atoms with Crippen LogP contribution >= 0.6 is 23.1 Å². The Labute approximate surface area is 100 Å². The predicted octanol–water partition coefficient (Wildman–Crippen LogP) is 2.53. The average Bonchev–Trinajstić information content (AvgIpc) is 2.79. The molecule has 0 radical (unpaired) electrons. The van der Waals surface area contributed by atoms with Gasteiger partial charge in [0.25, 0.3) is 0 Å². The molecule has 82 valence electrons. The van der Waals surface area contributed by atoms with E-state index in [0.29, 0.717) is 0 Å². The highest BCUT2D eigenvalue weighted by Gasteiger charge is 2.05. The molecule has 2 heterocycles. The van der Waals surface area contributed by atoms with Crippen LogP contribution in [0.4, 0.5) is 0 Å². The lowest BCUT2D eigenvalue weighted by molar-refractivity contribution is 0.0690. The molecule has 0 aliphatic rings. The molecule has 0 aliphatic heterocycles. The van der Waals surface area contributed by atoms with Crippen LogP contribution in [0, 0.1) is 0 Å². The Kier molecular flexibility index (Phi) is 3.53. The SMILES string of the molecule is O=C(O)c1cc(SCc2nccs2)ccn1. The van der Waals surface area contributed by atoms with Gasteiger partial charge in [-0.05, 0) is 12.1 Å². The Balaban J connectivity index is 2.04. The third-order valence-corrected chi connectivity index (χ3v) is 3.76. The van der Waals surface area contributed by atoms with Gasteiger partial charge in [-0.3, -0.25) is 0 Å². The Morgan fingerprint density at radius 3 is 3.00 bits per heavy atom. The van der Waals surface area contributed by atoms with Crippen molar-refractivity contribution in [3.05, 3.63) is 40.6 Å². The largest absolute Gasteiger partial charge is 0.477 e. The summed E-state index contributed by atoms with van der Waals surface area (Å²) in [6, 6.07) is 3.37. The van der Waals surface area contributed by atoms with Crippen molar-refractivity contribution in [1.29, 1.82) is 0 Å². The molecular weight excluding hydrogens is 244 g/mol. The molecule has 0 aromatic carbocycles. The quantitative estimate of drug-likeness (QED) is 0.847. The molecule has 0 aliphatic carbocycles. The molecule has 0 amide bonds. The van der Waals surface area contributed by atoms with Gasteiger partial charge in [0.1, 0.15) is 10.7 Å². The van der Waals surface area contributed by atoms with E-state index in [2.05, 4.69) is 9.97 Å². The minimum absolute atomic E-state index is 0.0733. The van der Waals surface area contributed by atoms with Crippen LogP contribution < -0.4 is 0 Å². The van der Waals surface area contributed by atoms with Crippen LogP contribution in [-0.2, 0) is 5.75 Å². The smallest absolute Gasteiger partial charge is 0.354 e. The van der Waals surface area contributed by atoms with Gasteiger partial charge in [0, 0.05) is 22.7 Å². The number of carbonyl (C=O) groups is 1. The maximum Gasteiger partial charge on any atom is 0.354 e. The highest BCUT2D eigenvalue weighted by molar-refractivity contribution is 7.98. The van der Waals surface area contributed by atoms with Crippen LogP contribution in [-0.4, -0.2) is 21.0 Å². The molecule has 2 rings (SSSR count). The van der Waals surface area contributed by atoms with E-state index in [4.69, 9.17) is 5.11 Å². The van der Waals surface area contributed by atoms with Gasteiger partial charge in [-0.1, -0.05) is 0 Å². The summed E-state index contributed by atoms with van der Waals surface area (Å²) in [5, 5.41) is 11.7. The second-order valence-corrected chi connectivity index (χ2v) is 4.92. The van der Waals surface area contributed by atoms with Crippen LogP contribution in [0.15, 0.2) is 34.8 Å². The number of hydrogen-bond acceptors (Lipinski definition) is 5. The third-order valence-electron chi connectivity index (χ3n) is 1.80. The van der Waals surface area contributed by atoms with Gasteiger partial charge in [0.2, 0.25) is 0 Å². The highest BCUT2D eigenvalue weighted by Crippen LogP contribution is 2.23. The first-order valence-corrected chi connectivity index (χ1v) is 6.33. The van der Waals surface area contributed by atoms with E-state index in [1.165, 1.54) is 6.20 Å². The molecule has 0 saturated heterocycles. The van der Waals surface area contributed by atoms with Gasteiger partial charge < -0.3 is 5.11 Å².